The Bertz CT molecular complexity index is 435. The van der Waals surface area contributed by atoms with Crippen molar-refractivity contribution in [3.8, 4) is 0 Å². The Hall–Kier alpha value is -1.79. The van der Waals surface area contributed by atoms with Crippen LogP contribution >= 0.6 is 0 Å². The average Bonchev–Trinajstić information content (AvgIpc) is 2.68. The van der Waals surface area contributed by atoms with E-state index in [1.54, 1.807) is 18.7 Å². The Morgan fingerprint density at radius 3 is 2.75 bits per heavy atom. The van der Waals surface area contributed by atoms with Gasteiger partial charge in [-0.25, -0.2) is 4.79 Å². The van der Waals surface area contributed by atoms with Crippen molar-refractivity contribution in [2.24, 2.45) is 0 Å². The summed E-state index contributed by atoms with van der Waals surface area (Å²) in [7, 11) is 0. The van der Waals surface area contributed by atoms with Crippen molar-refractivity contribution in [2.75, 3.05) is 19.6 Å². The Labute approximate surface area is 117 Å². The molecule has 0 aromatic heterocycles. The Balaban J connectivity index is 1.91. The molecule has 0 saturated carbocycles. The number of fused-ring (bicyclic) bond motifs is 1. The summed E-state index contributed by atoms with van der Waals surface area (Å²) in [5, 5.41) is 11.6. The standard InChI is InChI=1S/C13H21N3O4/c1-13(2,7-11(18)19)14-12(20)15-5-6-16-9(8-15)3-4-10(16)17/h9H,3-8H2,1-2H3,(H,14,20)(H,18,19). The van der Waals surface area contributed by atoms with Crippen LogP contribution in [0.2, 0.25) is 0 Å². The molecule has 2 heterocycles. The van der Waals surface area contributed by atoms with Crippen LogP contribution in [0.4, 0.5) is 4.79 Å². The maximum absolute atomic E-state index is 12.2. The lowest BCUT2D eigenvalue weighted by Gasteiger charge is -2.39. The summed E-state index contributed by atoms with van der Waals surface area (Å²) in [4.78, 5) is 38.0. The molecule has 0 bridgehead atoms. The molecule has 2 rings (SSSR count). The molecule has 0 aliphatic carbocycles. The first kappa shape index (κ1) is 14.6. The molecule has 2 aliphatic rings. The minimum Gasteiger partial charge on any atom is -0.481 e. The first-order valence-electron chi connectivity index (χ1n) is 6.87. The van der Waals surface area contributed by atoms with Gasteiger partial charge in [-0.05, 0) is 20.3 Å². The molecular formula is C13H21N3O4. The van der Waals surface area contributed by atoms with Crippen molar-refractivity contribution < 1.29 is 19.5 Å². The van der Waals surface area contributed by atoms with Gasteiger partial charge in [-0.3, -0.25) is 9.59 Å². The molecule has 20 heavy (non-hydrogen) atoms. The van der Waals surface area contributed by atoms with Crippen molar-refractivity contribution in [1.29, 1.82) is 0 Å². The second kappa shape index (κ2) is 5.30. The van der Waals surface area contributed by atoms with E-state index in [-0.39, 0.29) is 24.4 Å². The predicted octanol–water partition coefficient (Wildman–Crippen LogP) is 0.256. The monoisotopic (exact) mass is 283 g/mol. The largest absolute Gasteiger partial charge is 0.481 e. The molecule has 3 amide bonds. The number of carboxylic acids is 1. The highest BCUT2D eigenvalue weighted by molar-refractivity contribution is 5.80. The van der Waals surface area contributed by atoms with Crippen LogP contribution in [0.15, 0.2) is 0 Å². The lowest BCUT2D eigenvalue weighted by Crippen LogP contribution is -2.58. The number of nitrogens with zero attached hydrogens (tertiary/aromatic N) is 2. The van der Waals surface area contributed by atoms with Gasteiger partial charge >= 0.3 is 12.0 Å². The van der Waals surface area contributed by atoms with E-state index >= 15 is 0 Å². The topological polar surface area (TPSA) is 89.9 Å². The van der Waals surface area contributed by atoms with Gasteiger partial charge < -0.3 is 20.2 Å². The van der Waals surface area contributed by atoms with Crippen LogP contribution in [0.5, 0.6) is 0 Å². The van der Waals surface area contributed by atoms with Crippen LogP contribution in [0.1, 0.15) is 33.1 Å². The lowest BCUT2D eigenvalue weighted by molar-refractivity contribution is -0.138. The second-order valence-electron chi connectivity index (χ2n) is 6.11. The molecule has 2 aliphatic heterocycles. The molecule has 2 N–H and O–H groups in total. The number of piperazine rings is 1. The fourth-order valence-corrected chi connectivity index (χ4v) is 2.84. The number of rotatable bonds is 3. The van der Waals surface area contributed by atoms with Gasteiger partial charge in [-0.15, -0.1) is 0 Å². The van der Waals surface area contributed by atoms with E-state index in [4.69, 9.17) is 5.11 Å². The van der Waals surface area contributed by atoms with E-state index in [0.29, 0.717) is 26.1 Å². The summed E-state index contributed by atoms with van der Waals surface area (Å²) >= 11 is 0. The van der Waals surface area contributed by atoms with Gasteiger partial charge in [0.15, 0.2) is 0 Å². The molecule has 0 spiro atoms. The highest BCUT2D eigenvalue weighted by Crippen LogP contribution is 2.23. The maximum atomic E-state index is 12.2. The summed E-state index contributed by atoms with van der Waals surface area (Å²) in [5.74, 6) is -0.775. The lowest BCUT2D eigenvalue weighted by atomic mass is 10.0. The SMILES string of the molecule is CC(C)(CC(=O)O)NC(=O)N1CCN2C(=O)CCC2C1. The number of carbonyl (C=O) groups is 3. The van der Waals surface area contributed by atoms with Crippen LogP contribution in [0.3, 0.4) is 0 Å². The number of urea groups is 1. The highest BCUT2D eigenvalue weighted by atomic mass is 16.4. The summed E-state index contributed by atoms with van der Waals surface area (Å²) in [6.07, 6.45) is 1.23. The third-order valence-electron chi connectivity index (χ3n) is 3.82. The third kappa shape index (κ3) is 3.20. The Morgan fingerprint density at radius 2 is 2.10 bits per heavy atom. The van der Waals surface area contributed by atoms with Crippen molar-refractivity contribution in [3.05, 3.63) is 0 Å². The van der Waals surface area contributed by atoms with E-state index in [1.807, 2.05) is 4.90 Å². The first-order valence-corrected chi connectivity index (χ1v) is 6.87. The summed E-state index contributed by atoms with van der Waals surface area (Å²) < 4.78 is 0. The smallest absolute Gasteiger partial charge is 0.317 e. The molecule has 0 aromatic carbocycles. The minimum absolute atomic E-state index is 0.115. The van der Waals surface area contributed by atoms with Crippen LogP contribution < -0.4 is 5.32 Å². The maximum Gasteiger partial charge on any atom is 0.317 e. The van der Waals surface area contributed by atoms with Crippen LogP contribution in [-0.2, 0) is 9.59 Å². The van der Waals surface area contributed by atoms with E-state index in [0.717, 1.165) is 6.42 Å². The van der Waals surface area contributed by atoms with E-state index < -0.39 is 11.5 Å². The van der Waals surface area contributed by atoms with Gasteiger partial charge in [0.1, 0.15) is 0 Å². The number of hydrogen-bond donors (Lipinski definition) is 2. The van der Waals surface area contributed by atoms with Crippen LogP contribution in [0, 0.1) is 0 Å². The van der Waals surface area contributed by atoms with Gasteiger partial charge in [-0.2, -0.15) is 0 Å². The minimum atomic E-state index is -0.943. The van der Waals surface area contributed by atoms with Gasteiger partial charge in [0.2, 0.25) is 5.91 Å². The van der Waals surface area contributed by atoms with Crippen molar-refractivity contribution in [1.82, 2.24) is 15.1 Å². The van der Waals surface area contributed by atoms with Crippen LogP contribution in [0.25, 0.3) is 0 Å². The number of aliphatic carboxylic acids is 1. The summed E-state index contributed by atoms with van der Waals surface area (Å²) in [6, 6.07) is -0.139. The molecule has 0 radical (unpaired) electrons. The van der Waals surface area contributed by atoms with Gasteiger partial charge in [0, 0.05) is 37.6 Å². The predicted molar refractivity (Wildman–Crippen MR) is 71.2 cm³/mol. The second-order valence-corrected chi connectivity index (χ2v) is 6.11. The third-order valence-corrected chi connectivity index (χ3v) is 3.82. The fourth-order valence-electron chi connectivity index (χ4n) is 2.84. The zero-order valence-corrected chi connectivity index (χ0v) is 11.9. The molecule has 1 atom stereocenters. The molecule has 0 aromatic rings. The number of carbonyl (C=O) groups excluding carboxylic acids is 2. The summed E-state index contributed by atoms with van der Waals surface area (Å²) in [6.45, 7) is 4.97. The number of amides is 3. The fraction of sp³-hybridized carbons (Fsp3) is 0.769. The van der Waals surface area contributed by atoms with Crippen molar-refractivity contribution in [2.45, 2.75) is 44.7 Å². The van der Waals surface area contributed by atoms with Gasteiger partial charge in [-0.1, -0.05) is 0 Å². The van der Waals surface area contributed by atoms with E-state index in [2.05, 4.69) is 5.32 Å². The molecule has 2 saturated heterocycles. The number of carboxylic acid groups (broad SMARTS) is 1. The van der Waals surface area contributed by atoms with Gasteiger partial charge in [0.25, 0.3) is 0 Å². The Morgan fingerprint density at radius 1 is 1.40 bits per heavy atom. The zero-order valence-electron chi connectivity index (χ0n) is 11.9. The molecule has 1 unspecified atom stereocenters. The first-order chi connectivity index (χ1) is 9.28. The van der Waals surface area contributed by atoms with Crippen molar-refractivity contribution >= 4 is 17.9 Å². The number of hydrogen-bond acceptors (Lipinski definition) is 3. The molecule has 7 nitrogen and oxygen atoms in total. The Kier molecular flexibility index (Phi) is 3.87. The highest BCUT2D eigenvalue weighted by Gasteiger charge is 2.37. The van der Waals surface area contributed by atoms with Crippen molar-refractivity contribution in [3.63, 3.8) is 0 Å². The molecule has 112 valence electrons. The normalized spacial score (nSPS) is 22.7. The zero-order chi connectivity index (χ0) is 14.9. The molecule has 7 heteroatoms. The average molecular weight is 283 g/mol. The molecule has 2 fully saturated rings. The van der Waals surface area contributed by atoms with Gasteiger partial charge in [0.05, 0.1) is 6.42 Å². The molecular weight excluding hydrogens is 262 g/mol. The van der Waals surface area contributed by atoms with E-state index in [9.17, 15) is 14.4 Å². The van der Waals surface area contributed by atoms with E-state index in [1.165, 1.54) is 0 Å². The summed E-state index contributed by atoms with van der Waals surface area (Å²) in [5.41, 5.74) is -0.786. The number of nitrogens with one attached hydrogen (secondary N) is 1. The van der Waals surface area contributed by atoms with Crippen LogP contribution in [-0.4, -0.2) is 64.0 Å². The quantitative estimate of drug-likeness (QED) is 0.777.